The standard InChI is InChI=1S/C31H33Cl2NO4/c1-20(2)15-21-7-9-22(10-8-21)17-31(3)14-13-23-16-24(11-12-27(23)38-31)30(37)34(19-28(35)36)18-25-5-4-6-26(32)29(25)33/h4-12,16,20H,13-15,17-19H2,1-3H3,(H,35,36)/t31-/m0/s1. The van der Waals surface area contributed by atoms with E-state index in [1.807, 2.05) is 12.1 Å². The van der Waals surface area contributed by atoms with Crippen LogP contribution in [0.15, 0.2) is 60.7 Å². The van der Waals surface area contributed by atoms with Crippen molar-refractivity contribution in [3.05, 3.63) is 98.5 Å². The number of hydrogen-bond donors (Lipinski definition) is 1. The largest absolute Gasteiger partial charge is 0.487 e. The van der Waals surface area contributed by atoms with Gasteiger partial charge in [-0.2, -0.15) is 0 Å². The highest BCUT2D eigenvalue weighted by Crippen LogP contribution is 2.36. The van der Waals surface area contributed by atoms with Crippen LogP contribution in [0.3, 0.4) is 0 Å². The van der Waals surface area contributed by atoms with Crippen LogP contribution in [0.5, 0.6) is 5.75 Å². The molecular formula is C31H33Cl2NO4. The molecule has 0 bridgehead atoms. The van der Waals surface area contributed by atoms with Crippen LogP contribution in [0.25, 0.3) is 0 Å². The fourth-order valence-electron chi connectivity index (χ4n) is 4.97. The molecule has 3 aromatic carbocycles. The van der Waals surface area contributed by atoms with E-state index in [4.69, 9.17) is 27.9 Å². The van der Waals surface area contributed by atoms with Gasteiger partial charge in [-0.15, -0.1) is 0 Å². The zero-order chi connectivity index (χ0) is 27.4. The molecule has 1 heterocycles. The highest BCUT2D eigenvalue weighted by atomic mass is 35.5. The lowest BCUT2D eigenvalue weighted by Crippen LogP contribution is -2.39. The summed E-state index contributed by atoms with van der Waals surface area (Å²) in [6, 6.07) is 19.2. The number of aliphatic carboxylic acids is 1. The number of hydrogen-bond acceptors (Lipinski definition) is 3. The van der Waals surface area contributed by atoms with Gasteiger partial charge < -0.3 is 14.7 Å². The van der Waals surface area contributed by atoms with Crippen molar-refractivity contribution < 1.29 is 19.4 Å². The maximum absolute atomic E-state index is 13.4. The van der Waals surface area contributed by atoms with Crippen molar-refractivity contribution in [3.8, 4) is 5.75 Å². The van der Waals surface area contributed by atoms with Gasteiger partial charge in [0.15, 0.2) is 0 Å². The Morgan fingerprint density at radius 1 is 1.05 bits per heavy atom. The Morgan fingerprint density at radius 2 is 1.76 bits per heavy atom. The van der Waals surface area contributed by atoms with Gasteiger partial charge in [0.05, 0.1) is 10.0 Å². The van der Waals surface area contributed by atoms with Gasteiger partial charge in [0.1, 0.15) is 17.9 Å². The molecule has 0 aromatic heterocycles. The molecule has 0 spiro atoms. The second-order valence-corrected chi connectivity index (χ2v) is 11.5. The van der Waals surface area contributed by atoms with Crippen LogP contribution in [0, 0.1) is 5.92 Å². The van der Waals surface area contributed by atoms with Gasteiger partial charge in [0, 0.05) is 18.5 Å². The third kappa shape index (κ3) is 6.89. The first-order valence-electron chi connectivity index (χ1n) is 12.9. The molecule has 38 heavy (non-hydrogen) atoms. The van der Waals surface area contributed by atoms with Crippen molar-refractivity contribution in [2.45, 2.75) is 58.6 Å². The molecule has 3 aromatic rings. The lowest BCUT2D eigenvalue weighted by molar-refractivity contribution is -0.137. The Bertz CT molecular complexity index is 1320. The Hall–Kier alpha value is -3.02. The van der Waals surface area contributed by atoms with Crippen molar-refractivity contribution >= 4 is 35.1 Å². The summed E-state index contributed by atoms with van der Waals surface area (Å²) in [6.45, 7) is 6.15. The summed E-state index contributed by atoms with van der Waals surface area (Å²) in [5.74, 6) is -0.111. The molecule has 0 saturated heterocycles. The summed E-state index contributed by atoms with van der Waals surface area (Å²) >= 11 is 12.4. The van der Waals surface area contributed by atoms with Gasteiger partial charge in [-0.05, 0) is 78.6 Å². The first-order valence-corrected chi connectivity index (χ1v) is 13.6. The van der Waals surface area contributed by atoms with Gasteiger partial charge >= 0.3 is 5.97 Å². The van der Waals surface area contributed by atoms with E-state index in [0.29, 0.717) is 27.1 Å². The second-order valence-electron chi connectivity index (χ2n) is 10.7. The van der Waals surface area contributed by atoms with Crippen molar-refractivity contribution in [3.63, 3.8) is 0 Å². The fraction of sp³-hybridized carbons (Fsp3) is 0.355. The lowest BCUT2D eigenvalue weighted by Gasteiger charge is -2.36. The van der Waals surface area contributed by atoms with Crippen LogP contribution in [-0.2, 0) is 30.6 Å². The fourth-order valence-corrected chi connectivity index (χ4v) is 5.35. The normalized spacial score (nSPS) is 16.6. The smallest absolute Gasteiger partial charge is 0.323 e. The molecule has 1 N–H and O–H groups in total. The minimum atomic E-state index is -1.11. The average Bonchev–Trinajstić information content (AvgIpc) is 2.86. The number of aryl methyl sites for hydroxylation is 1. The van der Waals surface area contributed by atoms with E-state index in [9.17, 15) is 14.7 Å². The first kappa shape index (κ1) is 28.0. The summed E-state index contributed by atoms with van der Waals surface area (Å²) in [7, 11) is 0. The molecule has 4 rings (SSSR count). The summed E-state index contributed by atoms with van der Waals surface area (Å²) < 4.78 is 6.45. The number of carbonyl (C=O) groups excluding carboxylic acids is 1. The molecule has 7 heteroatoms. The Morgan fingerprint density at radius 3 is 2.45 bits per heavy atom. The van der Waals surface area contributed by atoms with E-state index < -0.39 is 12.5 Å². The minimum absolute atomic E-state index is 0.0339. The van der Waals surface area contributed by atoms with Crippen LogP contribution in [-0.4, -0.2) is 34.0 Å². The third-order valence-corrected chi connectivity index (χ3v) is 7.70. The molecule has 0 aliphatic carbocycles. The van der Waals surface area contributed by atoms with Crippen molar-refractivity contribution in [2.24, 2.45) is 5.92 Å². The second kappa shape index (κ2) is 11.8. The third-order valence-electron chi connectivity index (χ3n) is 6.84. The van der Waals surface area contributed by atoms with Gasteiger partial charge in [-0.1, -0.05) is 73.4 Å². The molecule has 0 saturated carbocycles. The highest BCUT2D eigenvalue weighted by molar-refractivity contribution is 6.42. The Kier molecular flexibility index (Phi) is 8.69. The molecule has 1 atom stereocenters. The average molecular weight is 555 g/mol. The summed E-state index contributed by atoms with van der Waals surface area (Å²) in [5, 5.41) is 10.1. The van der Waals surface area contributed by atoms with Crippen LogP contribution in [0.2, 0.25) is 10.0 Å². The molecule has 0 fully saturated rings. The molecule has 0 unspecified atom stereocenters. The number of carbonyl (C=O) groups is 2. The summed E-state index contributed by atoms with van der Waals surface area (Å²) in [4.78, 5) is 26.2. The van der Waals surface area contributed by atoms with Crippen LogP contribution in [0.4, 0.5) is 0 Å². The quantitative estimate of drug-likeness (QED) is 0.303. The maximum atomic E-state index is 13.4. The number of ether oxygens (including phenoxy) is 1. The van der Waals surface area contributed by atoms with Crippen molar-refractivity contribution in [1.29, 1.82) is 0 Å². The van der Waals surface area contributed by atoms with E-state index >= 15 is 0 Å². The van der Waals surface area contributed by atoms with E-state index in [1.165, 1.54) is 16.0 Å². The zero-order valence-corrected chi connectivity index (χ0v) is 23.5. The topological polar surface area (TPSA) is 66.8 Å². The van der Waals surface area contributed by atoms with E-state index in [0.717, 1.165) is 37.0 Å². The first-order chi connectivity index (χ1) is 18.0. The number of carboxylic acid groups (broad SMARTS) is 1. The molecule has 0 radical (unpaired) electrons. The number of halogens is 2. The van der Waals surface area contributed by atoms with Gasteiger partial charge in [0.25, 0.3) is 5.91 Å². The van der Waals surface area contributed by atoms with E-state index in [2.05, 4.69) is 45.0 Å². The number of rotatable bonds is 9. The van der Waals surface area contributed by atoms with Gasteiger partial charge in [0.2, 0.25) is 0 Å². The highest BCUT2D eigenvalue weighted by Gasteiger charge is 2.32. The van der Waals surface area contributed by atoms with Crippen molar-refractivity contribution in [1.82, 2.24) is 4.90 Å². The van der Waals surface area contributed by atoms with Gasteiger partial charge in [-0.3, -0.25) is 9.59 Å². The molecule has 1 aliphatic heterocycles. The SMILES string of the molecule is CC(C)Cc1ccc(C[C@]2(C)CCc3cc(C(=O)N(CC(=O)O)Cc4cccc(Cl)c4Cl)ccc3O2)cc1. The monoisotopic (exact) mass is 553 g/mol. The zero-order valence-electron chi connectivity index (χ0n) is 22.0. The predicted molar refractivity (Wildman–Crippen MR) is 151 cm³/mol. The lowest BCUT2D eigenvalue weighted by atomic mass is 9.86. The van der Waals surface area contributed by atoms with Crippen LogP contribution < -0.4 is 4.74 Å². The number of carboxylic acids is 1. The molecule has 1 aliphatic rings. The van der Waals surface area contributed by atoms with Crippen molar-refractivity contribution in [2.75, 3.05) is 6.54 Å². The molecule has 5 nitrogen and oxygen atoms in total. The summed E-state index contributed by atoms with van der Waals surface area (Å²) in [6.07, 6.45) is 3.43. The molecule has 1 amide bonds. The van der Waals surface area contributed by atoms with Gasteiger partial charge in [-0.25, -0.2) is 0 Å². The maximum Gasteiger partial charge on any atom is 0.323 e. The molecular weight excluding hydrogens is 521 g/mol. The van der Waals surface area contributed by atoms with Crippen LogP contribution >= 0.6 is 23.2 Å². The van der Waals surface area contributed by atoms with E-state index in [1.54, 1.807) is 24.3 Å². The Labute approximate surface area is 234 Å². The minimum Gasteiger partial charge on any atom is -0.487 e. The number of fused-ring (bicyclic) bond motifs is 1. The number of benzene rings is 3. The number of amides is 1. The van der Waals surface area contributed by atoms with Crippen LogP contribution in [0.1, 0.15) is 59.8 Å². The number of nitrogens with zero attached hydrogens (tertiary/aromatic N) is 1. The predicted octanol–water partition coefficient (Wildman–Crippen LogP) is 7.25. The molecule has 200 valence electrons. The van der Waals surface area contributed by atoms with E-state index in [-0.39, 0.29) is 18.1 Å². The summed E-state index contributed by atoms with van der Waals surface area (Å²) in [5.41, 5.74) is 4.17. The Balaban J connectivity index is 1.49.